The van der Waals surface area contributed by atoms with Crippen LogP contribution in [0.25, 0.3) is 0 Å². The molecule has 2 rings (SSSR count). The molecule has 0 bridgehead atoms. The zero-order valence-electron chi connectivity index (χ0n) is 14.4. The maximum absolute atomic E-state index is 9.61. The van der Waals surface area contributed by atoms with Gasteiger partial charge in [0.15, 0.2) is 11.5 Å². The lowest BCUT2D eigenvalue weighted by molar-refractivity contribution is 0.322. The van der Waals surface area contributed by atoms with Crippen LogP contribution in [0.5, 0.6) is 17.2 Å². The predicted octanol–water partition coefficient (Wildman–Crippen LogP) is 2.99. The van der Waals surface area contributed by atoms with E-state index in [1.54, 1.807) is 12.1 Å². The molecule has 0 amide bonds. The lowest BCUT2D eigenvalue weighted by Gasteiger charge is -2.28. The minimum atomic E-state index is -0.518. The second-order valence-corrected chi connectivity index (χ2v) is 5.28. The molecule has 1 aromatic carbocycles. The Balaban J connectivity index is 2.79. The molecule has 24 heavy (non-hydrogen) atoms. The van der Waals surface area contributed by atoms with Gasteiger partial charge >= 0.3 is 0 Å². The standard InChI is InChI=1S/C18H19N3O3/c1-10-13(8-19)16(14(9-20)11(2)21-10)12-6-7-15(22-3)18(24-5)17(12)23-4/h6-7,16,21H,1-5H3. The molecule has 0 radical (unpaired) electrons. The zero-order valence-corrected chi connectivity index (χ0v) is 14.4. The van der Waals surface area contributed by atoms with Gasteiger partial charge in [0.25, 0.3) is 0 Å². The summed E-state index contributed by atoms with van der Waals surface area (Å²) in [4.78, 5) is 0. The monoisotopic (exact) mass is 325 g/mol. The van der Waals surface area contributed by atoms with Crippen molar-refractivity contribution in [1.82, 2.24) is 5.32 Å². The Morgan fingerprint density at radius 1 is 0.875 bits per heavy atom. The molecule has 0 saturated heterocycles. The van der Waals surface area contributed by atoms with Gasteiger partial charge in [0.05, 0.1) is 50.5 Å². The summed E-state index contributed by atoms with van der Waals surface area (Å²) in [5.74, 6) is 0.882. The fourth-order valence-electron chi connectivity index (χ4n) is 2.95. The molecule has 1 aliphatic rings. The normalized spacial score (nSPS) is 14.6. The van der Waals surface area contributed by atoms with Crippen LogP contribution >= 0.6 is 0 Å². The summed E-state index contributed by atoms with van der Waals surface area (Å²) >= 11 is 0. The summed E-state index contributed by atoms with van der Waals surface area (Å²) in [5.41, 5.74) is 3.07. The molecule has 1 aliphatic heterocycles. The van der Waals surface area contributed by atoms with Crippen molar-refractivity contribution in [1.29, 1.82) is 10.5 Å². The van der Waals surface area contributed by atoms with E-state index in [9.17, 15) is 10.5 Å². The van der Waals surface area contributed by atoms with Gasteiger partial charge in [-0.3, -0.25) is 0 Å². The quantitative estimate of drug-likeness (QED) is 0.915. The average molecular weight is 325 g/mol. The number of dihydropyridines is 1. The van der Waals surface area contributed by atoms with Gasteiger partial charge in [-0.1, -0.05) is 6.07 Å². The zero-order chi connectivity index (χ0) is 17.9. The molecular weight excluding hydrogens is 306 g/mol. The van der Waals surface area contributed by atoms with Gasteiger partial charge < -0.3 is 19.5 Å². The van der Waals surface area contributed by atoms with Crippen LogP contribution in [0.4, 0.5) is 0 Å². The van der Waals surface area contributed by atoms with E-state index in [-0.39, 0.29) is 0 Å². The van der Waals surface area contributed by atoms with Gasteiger partial charge in [-0.05, 0) is 19.9 Å². The molecule has 0 aliphatic carbocycles. The molecule has 0 atom stereocenters. The number of methoxy groups -OCH3 is 3. The van der Waals surface area contributed by atoms with E-state index in [0.29, 0.717) is 34.0 Å². The summed E-state index contributed by atoms with van der Waals surface area (Å²) in [6.45, 7) is 3.63. The molecule has 1 aromatic rings. The van der Waals surface area contributed by atoms with Crippen molar-refractivity contribution in [3.63, 3.8) is 0 Å². The SMILES string of the molecule is COc1ccc(C2C(C#N)=C(C)NC(C)=C2C#N)c(OC)c1OC. The number of nitrogens with one attached hydrogen (secondary N) is 1. The van der Waals surface area contributed by atoms with Crippen LogP contribution < -0.4 is 19.5 Å². The Labute approximate surface area is 141 Å². The van der Waals surface area contributed by atoms with E-state index in [1.165, 1.54) is 21.3 Å². The Hall–Kier alpha value is -3.12. The first kappa shape index (κ1) is 17.2. The molecular formula is C18H19N3O3. The first-order valence-electron chi connectivity index (χ1n) is 7.31. The maximum Gasteiger partial charge on any atom is 0.203 e. The molecule has 0 fully saturated rings. The van der Waals surface area contributed by atoms with Gasteiger partial charge in [-0.2, -0.15) is 10.5 Å². The number of hydrogen-bond donors (Lipinski definition) is 1. The maximum atomic E-state index is 9.61. The van der Waals surface area contributed by atoms with Crippen LogP contribution in [0.1, 0.15) is 25.3 Å². The minimum absolute atomic E-state index is 0.431. The molecule has 0 saturated carbocycles. The molecule has 1 N–H and O–H groups in total. The fraction of sp³-hybridized carbons (Fsp3) is 0.333. The van der Waals surface area contributed by atoms with Crippen molar-refractivity contribution in [2.24, 2.45) is 0 Å². The van der Waals surface area contributed by atoms with Crippen molar-refractivity contribution in [3.05, 3.63) is 40.2 Å². The van der Waals surface area contributed by atoms with Crippen LogP contribution in [-0.4, -0.2) is 21.3 Å². The Kier molecular flexibility index (Phi) is 5.01. The summed E-state index contributed by atoms with van der Waals surface area (Å²) in [5, 5.41) is 22.3. The van der Waals surface area contributed by atoms with Crippen molar-refractivity contribution >= 4 is 0 Å². The van der Waals surface area contributed by atoms with Crippen LogP contribution in [-0.2, 0) is 0 Å². The molecule has 0 unspecified atom stereocenters. The average Bonchev–Trinajstić information content (AvgIpc) is 2.59. The molecule has 6 nitrogen and oxygen atoms in total. The first-order valence-corrected chi connectivity index (χ1v) is 7.31. The molecule has 124 valence electrons. The molecule has 0 aromatic heterocycles. The first-order chi connectivity index (χ1) is 11.5. The highest BCUT2D eigenvalue weighted by molar-refractivity contribution is 5.64. The van der Waals surface area contributed by atoms with Crippen LogP contribution in [0.15, 0.2) is 34.7 Å². The van der Waals surface area contributed by atoms with E-state index in [1.807, 2.05) is 13.8 Å². The number of rotatable bonds is 4. The van der Waals surface area contributed by atoms with E-state index in [4.69, 9.17) is 14.2 Å². The van der Waals surface area contributed by atoms with E-state index >= 15 is 0 Å². The summed E-state index contributed by atoms with van der Waals surface area (Å²) in [7, 11) is 4.58. The highest BCUT2D eigenvalue weighted by Gasteiger charge is 2.33. The molecule has 6 heteroatoms. The van der Waals surface area contributed by atoms with Crippen LogP contribution in [0, 0.1) is 22.7 Å². The second-order valence-electron chi connectivity index (χ2n) is 5.28. The predicted molar refractivity (Wildman–Crippen MR) is 88.6 cm³/mol. The van der Waals surface area contributed by atoms with Gasteiger partial charge in [-0.25, -0.2) is 0 Å². The van der Waals surface area contributed by atoms with Gasteiger partial charge in [0.2, 0.25) is 5.75 Å². The number of nitrogens with zero attached hydrogens (tertiary/aromatic N) is 2. The number of hydrogen-bond acceptors (Lipinski definition) is 6. The third kappa shape index (κ3) is 2.63. The van der Waals surface area contributed by atoms with Crippen LogP contribution in [0.2, 0.25) is 0 Å². The van der Waals surface area contributed by atoms with Gasteiger partial charge in [-0.15, -0.1) is 0 Å². The Morgan fingerprint density at radius 3 is 1.83 bits per heavy atom. The van der Waals surface area contributed by atoms with E-state index in [2.05, 4.69) is 17.5 Å². The van der Waals surface area contributed by atoms with E-state index < -0.39 is 5.92 Å². The highest BCUT2D eigenvalue weighted by atomic mass is 16.5. The van der Waals surface area contributed by atoms with Crippen molar-refractivity contribution in [2.45, 2.75) is 19.8 Å². The number of allylic oxidation sites excluding steroid dienone is 4. The molecule has 0 spiro atoms. The van der Waals surface area contributed by atoms with Crippen LogP contribution in [0.3, 0.4) is 0 Å². The topological polar surface area (TPSA) is 87.3 Å². The van der Waals surface area contributed by atoms with Crippen molar-refractivity contribution in [2.75, 3.05) is 21.3 Å². The van der Waals surface area contributed by atoms with Crippen molar-refractivity contribution in [3.8, 4) is 29.4 Å². The Morgan fingerprint density at radius 2 is 1.42 bits per heavy atom. The Bertz CT molecular complexity index is 774. The lowest BCUT2D eigenvalue weighted by atomic mass is 9.81. The fourth-order valence-corrected chi connectivity index (χ4v) is 2.95. The number of benzene rings is 1. The minimum Gasteiger partial charge on any atom is -0.493 e. The third-order valence-corrected chi connectivity index (χ3v) is 4.05. The van der Waals surface area contributed by atoms with E-state index in [0.717, 1.165) is 11.4 Å². The number of ether oxygens (including phenoxy) is 3. The smallest absolute Gasteiger partial charge is 0.203 e. The van der Waals surface area contributed by atoms with Gasteiger partial charge in [0, 0.05) is 17.0 Å². The second kappa shape index (κ2) is 6.97. The van der Waals surface area contributed by atoms with Gasteiger partial charge in [0.1, 0.15) is 0 Å². The number of nitriles is 2. The molecule has 1 heterocycles. The third-order valence-electron chi connectivity index (χ3n) is 4.05. The van der Waals surface area contributed by atoms with Crippen molar-refractivity contribution < 1.29 is 14.2 Å². The largest absolute Gasteiger partial charge is 0.493 e. The lowest BCUT2D eigenvalue weighted by Crippen LogP contribution is -2.23. The summed E-state index contributed by atoms with van der Waals surface area (Å²) in [6, 6.07) is 7.96. The highest BCUT2D eigenvalue weighted by Crippen LogP contribution is 2.47. The summed E-state index contributed by atoms with van der Waals surface area (Å²) in [6.07, 6.45) is 0. The summed E-state index contributed by atoms with van der Waals surface area (Å²) < 4.78 is 16.2.